The van der Waals surface area contributed by atoms with Crippen molar-refractivity contribution in [3.05, 3.63) is 53.9 Å². The van der Waals surface area contributed by atoms with Crippen molar-refractivity contribution < 1.29 is 24.2 Å². The largest absolute Gasteiger partial charge is 0.444 e. The minimum absolute atomic E-state index is 0.0677. The molecule has 1 aliphatic carbocycles. The predicted octanol–water partition coefficient (Wildman–Crippen LogP) is 3.27. The molecule has 0 spiro atoms. The zero-order valence-corrected chi connectivity index (χ0v) is 21.4. The van der Waals surface area contributed by atoms with Gasteiger partial charge >= 0.3 is 6.09 Å². The fraction of sp³-hybridized carbons (Fsp3) is 0.481. The number of carbonyl (C=O) groups is 3. The van der Waals surface area contributed by atoms with E-state index in [-0.39, 0.29) is 30.5 Å². The van der Waals surface area contributed by atoms with Crippen molar-refractivity contribution in [1.82, 2.24) is 20.5 Å². The molecule has 3 rings (SSSR count). The third-order valence-electron chi connectivity index (χ3n) is 5.92. The molecule has 1 heterocycles. The monoisotopic (exact) mass is 496 g/mol. The van der Waals surface area contributed by atoms with E-state index in [1.165, 1.54) is 4.90 Å². The quantitative estimate of drug-likeness (QED) is 0.541. The number of aliphatic hydroxyl groups excluding tert-OH is 1. The SMILES string of the molecule is CN(Cc1cccc(-c2ccc(C(=O)N[C@H]3CC[C@H](O)CC3)nc2)c1)C(=O)CNC(=O)OC(C)(C)C. The molecule has 0 radical (unpaired) electrons. The van der Waals surface area contributed by atoms with Gasteiger partial charge in [-0.05, 0) is 69.7 Å². The molecule has 3 amide bonds. The number of aromatic nitrogens is 1. The summed E-state index contributed by atoms with van der Waals surface area (Å²) in [5.41, 5.74) is 2.41. The van der Waals surface area contributed by atoms with E-state index in [2.05, 4.69) is 15.6 Å². The summed E-state index contributed by atoms with van der Waals surface area (Å²) in [6.45, 7) is 5.49. The van der Waals surface area contributed by atoms with Crippen LogP contribution in [0.1, 0.15) is 62.5 Å². The molecule has 2 aromatic rings. The number of nitrogens with one attached hydrogen (secondary N) is 2. The van der Waals surface area contributed by atoms with Crippen LogP contribution in [0.3, 0.4) is 0 Å². The molecule has 0 saturated heterocycles. The smallest absolute Gasteiger partial charge is 0.408 e. The molecule has 0 bridgehead atoms. The summed E-state index contributed by atoms with van der Waals surface area (Å²) < 4.78 is 5.15. The van der Waals surface area contributed by atoms with Crippen molar-refractivity contribution in [2.75, 3.05) is 13.6 Å². The van der Waals surface area contributed by atoms with Crippen LogP contribution in [0.15, 0.2) is 42.6 Å². The van der Waals surface area contributed by atoms with Gasteiger partial charge in [-0.15, -0.1) is 0 Å². The Labute approximate surface area is 212 Å². The van der Waals surface area contributed by atoms with Gasteiger partial charge in [-0.25, -0.2) is 4.79 Å². The maximum atomic E-state index is 12.5. The van der Waals surface area contributed by atoms with Crippen molar-refractivity contribution in [3.8, 4) is 11.1 Å². The molecule has 194 valence electrons. The van der Waals surface area contributed by atoms with Crippen LogP contribution in [0, 0.1) is 0 Å². The van der Waals surface area contributed by atoms with Crippen molar-refractivity contribution in [3.63, 3.8) is 0 Å². The topological polar surface area (TPSA) is 121 Å². The molecule has 9 nitrogen and oxygen atoms in total. The summed E-state index contributed by atoms with van der Waals surface area (Å²) in [7, 11) is 1.67. The minimum Gasteiger partial charge on any atom is -0.444 e. The van der Waals surface area contributed by atoms with Gasteiger partial charge in [-0.1, -0.05) is 24.3 Å². The van der Waals surface area contributed by atoms with Gasteiger partial charge < -0.3 is 25.4 Å². The summed E-state index contributed by atoms with van der Waals surface area (Å²) >= 11 is 0. The van der Waals surface area contributed by atoms with Crippen LogP contribution in [0.4, 0.5) is 4.79 Å². The summed E-state index contributed by atoms with van der Waals surface area (Å²) in [4.78, 5) is 42.6. The van der Waals surface area contributed by atoms with Gasteiger partial charge in [0.15, 0.2) is 0 Å². The van der Waals surface area contributed by atoms with Crippen LogP contribution in [0.2, 0.25) is 0 Å². The standard InChI is InChI=1S/C27H36N4O5/c1-27(2,3)36-26(35)29-16-24(33)31(4)17-18-6-5-7-19(14-18)20-8-13-23(28-15-20)25(34)30-21-9-11-22(32)12-10-21/h5-8,13-15,21-22,32H,9-12,16-17H2,1-4H3,(H,29,35)(H,30,34)/t21-,22-. The Balaban J connectivity index is 1.55. The van der Waals surface area contributed by atoms with Gasteiger partial charge in [0.1, 0.15) is 17.8 Å². The first kappa shape index (κ1) is 27.1. The van der Waals surface area contributed by atoms with Gasteiger partial charge in [0.05, 0.1) is 6.10 Å². The van der Waals surface area contributed by atoms with E-state index in [9.17, 15) is 19.5 Å². The molecule has 1 aromatic heterocycles. The van der Waals surface area contributed by atoms with E-state index in [4.69, 9.17) is 4.74 Å². The Hall–Kier alpha value is -3.46. The third-order valence-corrected chi connectivity index (χ3v) is 5.92. The maximum absolute atomic E-state index is 12.5. The average Bonchev–Trinajstić information content (AvgIpc) is 2.83. The molecule has 9 heteroatoms. The van der Waals surface area contributed by atoms with Crippen LogP contribution in [-0.2, 0) is 16.1 Å². The highest BCUT2D eigenvalue weighted by Gasteiger charge is 2.22. The molecule has 1 fully saturated rings. The maximum Gasteiger partial charge on any atom is 0.408 e. The van der Waals surface area contributed by atoms with E-state index < -0.39 is 11.7 Å². The highest BCUT2D eigenvalue weighted by molar-refractivity contribution is 5.92. The van der Waals surface area contributed by atoms with E-state index in [0.29, 0.717) is 25.1 Å². The first-order valence-corrected chi connectivity index (χ1v) is 12.3. The molecule has 1 aromatic carbocycles. The number of likely N-dealkylation sites (N-methyl/N-ethyl adjacent to an activating group) is 1. The number of aliphatic hydroxyl groups is 1. The van der Waals surface area contributed by atoms with Crippen molar-refractivity contribution in [1.29, 1.82) is 0 Å². The Morgan fingerprint density at radius 1 is 1.08 bits per heavy atom. The van der Waals surface area contributed by atoms with Crippen molar-refractivity contribution in [2.45, 2.75) is 70.7 Å². The fourth-order valence-electron chi connectivity index (χ4n) is 3.99. The zero-order valence-electron chi connectivity index (χ0n) is 21.4. The number of pyridine rings is 1. The van der Waals surface area contributed by atoms with Gasteiger partial charge in [0.2, 0.25) is 5.91 Å². The molecule has 0 unspecified atom stereocenters. The molecule has 1 aliphatic rings. The van der Waals surface area contributed by atoms with Crippen LogP contribution in [0.5, 0.6) is 0 Å². The van der Waals surface area contributed by atoms with Gasteiger partial charge in [-0.3, -0.25) is 14.6 Å². The Bertz CT molecular complexity index is 1060. The summed E-state index contributed by atoms with van der Waals surface area (Å²) in [5, 5.41) is 15.1. The van der Waals surface area contributed by atoms with Crippen molar-refractivity contribution in [2.24, 2.45) is 0 Å². The molecule has 3 N–H and O–H groups in total. The number of hydrogen-bond donors (Lipinski definition) is 3. The lowest BCUT2D eigenvalue weighted by Crippen LogP contribution is -2.40. The number of benzene rings is 1. The summed E-state index contributed by atoms with van der Waals surface area (Å²) in [5.74, 6) is -0.451. The number of nitrogens with zero attached hydrogens (tertiary/aromatic N) is 2. The fourth-order valence-corrected chi connectivity index (χ4v) is 3.99. The lowest BCUT2D eigenvalue weighted by atomic mass is 9.93. The number of ether oxygens (including phenoxy) is 1. The first-order valence-electron chi connectivity index (χ1n) is 12.3. The molecular weight excluding hydrogens is 460 g/mol. The normalized spacial score (nSPS) is 17.7. The Morgan fingerprint density at radius 2 is 1.81 bits per heavy atom. The Morgan fingerprint density at radius 3 is 2.44 bits per heavy atom. The van der Waals surface area contributed by atoms with E-state index >= 15 is 0 Å². The number of hydrogen-bond acceptors (Lipinski definition) is 6. The Kier molecular flexibility index (Phi) is 9.03. The van der Waals surface area contributed by atoms with Gasteiger partial charge in [-0.2, -0.15) is 0 Å². The van der Waals surface area contributed by atoms with Crippen LogP contribution >= 0.6 is 0 Å². The molecule has 1 saturated carbocycles. The number of alkyl carbamates (subject to hydrolysis) is 1. The highest BCUT2D eigenvalue weighted by Crippen LogP contribution is 2.22. The lowest BCUT2D eigenvalue weighted by molar-refractivity contribution is -0.129. The van der Waals surface area contributed by atoms with Crippen molar-refractivity contribution >= 4 is 17.9 Å². The second kappa shape index (κ2) is 12.0. The molecular formula is C27H36N4O5. The lowest BCUT2D eigenvalue weighted by Gasteiger charge is -2.26. The van der Waals surface area contributed by atoms with Crippen LogP contribution in [-0.4, -0.2) is 64.2 Å². The van der Waals surface area contributed by atoms with E-state index in [1.807, 2.05) is 30.3 Å². The average molecular weight is 497 g/mol. The highest BCUT2D eigenvalue weighted by atomic mass is 16.6. The second-order valence-electron chi connectivity index (χ2n) is 10.2. The number of carbonyl (C=O) groups excluding carboxylic acids is 3. The number of rotatable bonds is 7. The number of amides is 3. The summed E-state index contributed by atoms with van der Waals surface area (Å²) in [6, 6.07) is 11.4. The predicted molar refractivity (Wildman–Crippen MR) is 136 cm³/mol. The van der Waals surface area contributed by atoms with E-state index in [0.717, 1.165) is 29.5 Å². The molecule has 0 aliphatic heterocycles. The van der Waals surface area contributed by atoms with Gasteiger partial charge in [0, 0.05) is 31.4 Å². The molecule has 0 atom stereocenters. The molecule has 36 heavy (non-hydrogen) atoms. The minimum atomic E-state index is -0.631. The van der Waals surface area contributed by atoms with Crippen LogP contribution < -0.4 is 10.6 Å². The summed E-state index contributed by atoms with van der Waals surface area (Å²) in [6.07, 6.45) is 3.71. The van der Waals surface area contributed by atoms with E-state index in [1.54, 1.807) is 40.1 Å². The van der Waals surface area contributed by atoms with Gasteiger partial charge in [0.25, 0.3) is 5.91 Å². The first-order chi connectivity index (χ1) is 17.0. The van der Waals surface area contributed by atoms with Crippen LogP contribution in [0.25, 0.3) is 11.1 Å². The zero-order chi connectivity index (χ0) is 26.3. The second-order valence-corrected chi connectivity index (χ2v) is 10.2. The third kappa shape index (κ3) is 8.34.